The van der Waals surface area contributed by atoms with Gasteiger partial charge in [0.25, 0.3) is 11.8 Å². The van der Waals surface area contributed by atoms with Crippen LogP contribution in [0.3, 0.4) is 0 Å². The molecule has 2 amide bonds. The van der Waals surface area contributed by atoms with E-state index in [1.54, 1.807) is 6.07 Å². The Bertz CT molecular complexity index is 1090. The molecule has 1 aliphatic heterocycles. The first-order valence-corrected chi connectivity index (χ1v) is 10.2. The fourth-order valence-corrected chi connectivity index (χ4v) is 4.29. The monoisotopic (exact) mass is 448 g/mol. The van der Waals surface area contributed by atoms with Gasteiger partial charge in [-0.25, -0.2) is 8.78 Å². The number of ketones is 1. The van der Waals surface area contributed by atoms with Crippen molar-refractivity contribution < 1.29 is 28.3 Å². The molecule has 0 saturated carbocycles. The van der Waals surface area contributed by atoms with Crippen LogP contribution >= 0.6 is 11.6 Å². The number of fused-ring (bicyclic) bond motifs is 1. The molecule has 2 aliphatic rings. The lowest BCUT2D eigenvalue weighted by molar-refractivity contribution is -0.149. The molecule has 9 heteroatoms. The summed E-state index contributed by atoms with van der Waals surface area (Å²) in [5.74, 6) is -3.06. The zero-order valence-electron chi connectivity index (χ0n) is 16.4. The van der Waals surface area contributed by atoms with Gasteiger partial charge in [-0.15, -0.1) is 0 Å². The van der Waals surface area contributed by atoms with Crippen LogP contribution in [0, 0.1) is 11.6 Å². The van der Waals surface area contributed by atoms with Gasteiger partial charge in [-0.05, 0) is 47.4 Å². The molecular weight excluding hydrogens is 430 g/mol. The van der Waals surface area contributed by atoms with E-state index in [9.17, 15) is 23.9 Å². The number of benzene rings is 2. The lowest BCUT2D eigenvalue weighted by Crippen LogP contribution is -2.52. The van der Waals surface area contributed by atoms with E-state index in [-0.39, 0.29) is 55.3 Å². The van der Waals surface area contributed by atoms with Crippen LogP contribution in [-0.2, 0) is 33.8 Å². The fourth-order valence-electron chi connectivity index (χ4n) is 4.05. The van der Waals surface area contributed by atoms with E-state index < -0.39 is 29.0 Å². The highest BCUT2D eigenvalue weighted by atomic mass is 35.5. The van der Waals surface area contributed by atoms with Gasteiger partial charge in [0.05, 0.1) is 5.69 Å². The molecule has 6 nitrogen and oxygen atoms in total. The van der Waals surface area contributed by atoms with Gasteiger partial charge in [-0.2, -0.15) is 0 Å². The molecule has 1 heterocycles. The first kappa shape index (κ1) is 21.4. The predicted octanol–water partition coefficient (Wildman–Crippen LogP) is 2.46. The quantitative estimate of drug-likeness (QED) is 0.703. The van der Waals surface area contributed by atoms with Crippen molar-refractivity contribution in [2.75, 3.05) is 11.4 Å². The largest absolute Gasteiger partial charge is 0.372 e. The molecule has 0 spiro atoms. The Morgan fingerprint density at radius 1 is 1.19 bits per heavy atom. The van der Waals surface area contributed by atoms with Crippen molar-refractivity contribution >= 4 is 34.9 Å². The summed E-state index contributed by atoms with van der Waals surface area (Å²) >= 11 is 5.79. The van der Waals surface area contributed by atoms with Gasteiger partial charge >= 0.3 is 0 Å². The standard InChI is InChI=1S/C22H19ClF2N2O4/c23-14-7-12(8-15(24)10-14)11-26-20(29)22(31)5-6-27(21(22)30)18-4-1-13-9-16(28)2-3-17(13)19(18)25/h1,4,7-8,10,31H,2-3,5-6,9,11H2,(H,26,29). The highest BCUT2D eigenvalue weighted by Crippen LogP contribution is 2.34. The van der Waals surface area contributed by atoms with Crippen LogP contribution in [0.5, 0.6) is 0 Å². The number of nitrogens with one attached hydrogen (secondary N) is 1. The molecule has 2 N–H and O–H groups in total. The summed E-state index contributed by atoms with van der Waals surface area (Å²) in [6.45, 7) is -0.198. The second kappa shape index (κ2) is 8.01. The summed E-state index contributed by atoms with van der Waals surface area (Å²) in [6, 6.07) is 6.73. The van der Waals surface area contributed by atoms with Crippen LogP contribution in [0.25, 0.3) is 0 Å². The summed E-state index contributed by atoms with van der Waals surface area (Å²) < 4.78 is 28.5. The minimum Gasteiger partial charge on any atom is -0.372 e. The number of halogens is 3. The molecule has 2 aromatic rings. The smallest absolute Gasteiger partial charge is 0.268 e. The third-order valence-electron chi connectivity index (χ3n) is 5.70. The van der Waals surface area contributed by atoms with Crippen LogP contribution in [0.4, 0.5) is 14.5 Å². The normalized spacial score (nSPS) is 20.7. The van der Waals surface area contributed by atoms with E-state index in [2.05, 4.69) is 5.32 Å². The molecule has 31 heavy (non-hydrogen) atoms. The maximum atomic E-state index is 15.1. The van der Waals surface area contributed by atoms with E-state index in [4.69, 9.17) is 11.6 Å². The van der Waals surface area contributed by atoms with E-state index in [0.717, 1.165) is 11.0 Å². The van der Waals surface area contributed by atoms with E-state index in [0.29, 0.717) is 16.7 Å². The first-order chi connectivity index (χ1) is 14.7. The molecule has 0 radical (unpaired) electrons. The number of rotatable bonds is 4. The lowest BCUT2D eigenvalue weighted by atomic mass is 9.90. The Kier molecular flexibility index (Phi) is 5.53. The molecule has 2 aromatic carbocycles. The second-order valence-electron chi connectivity index (χ2n) is 7.78. The van der Waals surface area contributed by atoms with Crippen LogP contribution in [0.1, 0.15) is 29.5 Å². The number of hydrogen-bond acceptors (Lipinski definition) is 4. The summed E-state index contributed by atoms with van der Waals surface area (Å²) in [6.07, 6.45) is 0.405. The minimum absolute atomic E-state index is 0.0289. The molecule has 0 bridgehead atoms. The first-order valence-electron chi connectivity index (χ1n) is 9.78. The molecule has 1 unspecified atom stereocenters. The number of Topliss-reactive ketones (excluding diaryl/α,β-unsaturated/α-hetero) is 1. The maximum absolute atomic E-state index is 15.1. The average Bonchev–Trinajstić information content (AvgIpc) is 3.01. The van der Waals surface area contributed by atoms with Gasteiger partial charge in [0.1, 0.15) is 17.4 Å². The summed E-state index contributed by atoms with van der Waals surface area (Å²) in [5, 5.41) is 13.3. The van der Waals surface area contributed by atoms with Crippen molar-refractivity contribution in [3.05, 3.63) is 63.7 Å². The van der Waals surface area contributed by atoms with Crippen LogP contribution < -0.4 is 10.2 Å². The van der Waals surface area contributed by atoms with Gasteiger partial charge in [-0.3, -0.25) is 14.4 Å². The molecule has 1 aliphatic carbocycles. The van der Waals surface area contributed by atoms with Crippen molar-refractivity contribution in [1.29, 1.82) is 0 Å². The van der Waals surface area contributed by atoms with Gasteiger partial charge in [0, 0.05) is 37.4 Å². The topological polar surface area (TPSA) is 86.7 Å². The van der Waals surface area contributed by atoms with E-state index in [1.807, 2.05) is 0 Å². The molecule has 1 saturated heterocycles. The van der Waals surface area contributed by atoms with Gasteiger partial charge in [0.2, 0.25) is 5.60 Å². The highest BCUT2D eigenvalue weighted by molar-refractivity contribution is 6.30. The number of carbonyl (C=O) groups excluding carboxylic acids is 3. The summed E-state index contributed by atoms with van der Waals surface area (Å²) in [5.41, 5.74) is -1.06. The van der Waals surface area contributed by atoms with Crippen molar-refractivity contribution in [3.63, 3.8) is 0 Å². The number of amides is 2. The van der Waals surface area contributed by atoms with Crippen LogP contribution in [0.2, 0.25) is 5.02 Å². The predicted molar refractivity (Wildman–Crippen MR) is 109 cm³/mol. The summed E-state index contributed by atoms with van der Waals surface area (Å²) in [7, 11) is 0. The fraction of sp³-hybridized carbons (Fsp3) is 0.318. The Labute approximate surface area is 181 Å². The number of carbonyl (C=O) groups is 3. The maximum Gasteiger partial charge on any atom is 0.268 e. The zero-order valence-corrected chi connectivity index (χ0v) is 17.1. The van der Waals surface area contributed by atoms with Crippen LogP contribution in [0.15, 0.2) is 30.3 Å². The molecule has 1 atom stereocenters. The Morgan fingerprint density at radius 2 is 1.97 bits per heavy atom. The molecule has 162 valence electrons. The van der Waals surface area contributed by atoms with Crippen molar-refractivity contribution in [2.24, 2.45) is 0 Å². The minimum atomic E-state index is -2.37. The summed E-state index contributed by atoms with van der Waals surface area (Å²) in [4.78, 5) is 38.1. The van der Waals surface area contributed by atoms with Gasteiger partial charge in [-0.1, -0.05) is 17.7 Å². The Hall–Kier alpha value is -2.84. The third-order valence-corrected chi connectivity index (χ3v) is 5.92. The molecular formula is C22H19ClF2N2O4. The molecule has 0 aromatic heterocycles. The van der Waals surface area contributed by atoms with Crippen LogP contribution in [-0.4, -0.2) is 34.8 Å². The number of aliphatic hydroxyl groups is 1. The molecule has 4 rings (SSSR count). The average molecular weight is 449 g/mol. The molecule has 1 fully saturated rings. The Balaban J connectivity index is 1.51. The van der Waals surface area contributed by atoms with Crippen molar-refractivity contribution in [1.82, 2.24) is 5.32 Å². The Morgan fingerprint density at radius 3 is 2.71 bits per heavy atom. The van der Waals surface area contributed by atoms with Gasteiger partial charge in [0.15, 0.2) is 0 Å². The van der Waals surface area contributed by atoms with Crippen molar-refractivity contribution in [2.45, 2.75) is 37.8 Å². The van der Waals surface area contributed by atoms with E-state index >= 15 is 4.39 Å². The van der Waals surface area contributed by atoms with Crippen molar-refractivity contribution in [3.8, 4) is 0 Å². The second-order valence-corrected chi connectivity index (χ2v) is 8.22. The van der Waals surface area contributed by atoms with Gasteiger partial charge < -0.3 is 15.3 Å². The third kappa shape index (κ3) is 3.93. The number of nitrogens with zero attached hydrogens (tertiary/aromatic N) is 1. The lowest BCUT2D eigenvalue weighted by Gasteiger charge is -2.24. The number of anilines is 1. The highest BCUT2D eigenvalue weighted by Gasteiger charge is 2.52. The van der Waals surface area contributed by atoms with E-state index in [1.165, 1.54) is 18.2 Å². The SMILES string of the molecule is O=C1CCc2c(ccc(N3CCC(O)(C(=O)NCc4cc(F)cc(Cl)c4)C3=O)c2F)C1. The number of hydrogen-bond donors (Lipinski definition) is 2. The zero-order chi connectivity index (χ0) is 22.3.